The number of rotatable bonds is 1. The van der Waals surface area contributed by atoms with Gasteiger partial charge in [0.25, 0.3) is 0 Å². The van der Waals surface area contributed by atoms with Crippen LogP contribution in [0.4, 0.5) is 8.78 Å². The molecule has 1 saturated carbocycles. The molecular formula is C8H10F2N2O. The summed E-state index contributed by atoms with van der Waals surface area (Å²) in [6.45, 7) is 0. The molecule has 0 aromatic rings. The van der Waals surface area contributed by atoms with Crippen LogP contribution in [0.1, 0.15) is 25.7 Å². The van der Waals surface area contributed by atoms with Crippen LogP contribution in [0, 0.1) is 17.4 Å². The van der Waals surface area contributed by atoms with Gasteiger partial charge in [-0.05, 0) is 12.8 Å². The van der Waals surface area contributed by atoms with Gasteiger partial charge in [0.2, 0.25) is 11.8 Å². The number of nitrogens with one attached hydrogen (secondary N) is 1. The predicted molar refractivity (Wildman–Crippen MR) is 40.7 cm³/mol. The zero-order valence-electron chi connectivity index (χ0n) is 7.02. The van der Waals surface area contributed by atoms with Crippen molar-refractivity contribution in [3.05, 3.63) is 0 Å². The zero-order valence-corrected chi connectivity index (χ0v) is 7.02. The molecule has 5 heteroatoms. The highest BCUT2D eigenvalue weighted by Crippen LogP contribution is 2.36. The molecule has 1 rings (SSSR count). The Bertz CT molecular complexity index is 247. The molecule has 0 heterocycles. The summed E-state index contributed by atoms with van der Waals surface area (Å²) < 4.78 is 25.6. The minimum absolute atomic E-state index is 0.149. The van der Waals surface area contributed by atoms with Crippen molar-refractivity contribution in [1.82, 2.24) is 5.32 Å². The van der Waals surface area contributed by atoms with Crippen molar-refractivity contribution in [3.63, 3.8) is 0 Å². The van der Waals surface area contributed by atoms with Crippen molar-refractivity contribution in [2.75, 3.05) is 0 Å². The fourth-order valence-electron chi connectivity index (χ4n) is 1.55. The van der Waals surface area contributed by atoms with Crippen molar-refractivity contribution in [3.8, 4) is 6.19 Å². The molecule has 1 amide bonds. The maximum Gasteiger partial charge on any atom is 0.248 e. The highest BCUT2D eigenvalue weighted by molar-refractivity contribution is 5.80. The maximum atomic E-state index is 12.8. The number of carbonyl (C=O) groups excluding carboxylic acids is 1. The largest absolute Gasteiger partial charge is 0.274 e. The van der Waals surface area contributed by atoms with Gasteiger partial charge >= 0.3 is 0 Å². The van der Waals surface area contributed by atoms with Gasteiger partial charge < -0.3 is 0 Å². The predicted octanol–water partition coefficient (Wildman–Crippen LogP) is 1.41. The van der Waals surface area contributed by atoms with E-state index in [2.05, 4.69) is 0 Å². The Labute approximate surface area is 74.7 Å². The maximum absolute atomic E-state index is 12.8. The normalized spacial score (nSPS) is 26.1. The Balaban J connectivity index is 2.53. The van der Waals surface area contributed by atoms with Crippen LogP contribution < -0.4 is 5.32 Å². The summed E-state index contributed by atoms with van der Waals surface area (Å²) in [5.41, 5.74) is 0. The fraction of sp³-hybridized carbons (Fsp3) is 0.750. The van der Waals surface area contributed by atoms with Crippen molar-refractivity contribution in [2.45, 2.75) is 31.6 Å². The standard InChI is InChI=1S/C8H10F2N2O/c9-8(10)3-1-2-6(4-8)7(13)12-5-11/h6H,1-4H2,(H,12,13)/t6-/m0/s1. The third kappa shape index (κ3) is 2.65. The fourth-order valence-corrected chi connectivity index (χ4v) is 1.55. The quantitative estimate of drug-likeness (QED) is 0.499. The van der Waals surface area contributed by atoms with Crippen molar-refractivity contribution in [1.29, 1.82) is 5.26 Å². The second-order valence-corrected chi connectivity index (χ2v) is 3.25. The van der Waals surface area contributed by atoms with E-state index in [1.54, 1.807) is 0 Å². The first kappa shape index (κ1) is 9.90. The molecule has 0 unspecified atom stereocenters. The molecule has 1 fully saturated rings. The molecule has 1 aliphatic rings. The number of alkyl halides is 2. The number of carbonyl (C=O) groups is 1. The number of amides is 1. The van der Waals surface area contributed by atoms with Gasteiger partial charge in [0, 0.05) is 18.8 Å². The van der Waals surface area contributed by atoms with E-state index in [4.69, 9.17) is 5.26 Å². The van der Waals surface area contributed by atoms with Gasteiger partial charge in [0.05, 0.1) is 0 Å². The highest BCUT2D eigenvalue weighted by Gasteiger charge is 2.38. The van der Waals surface area contributed by atoms with Gasteiger partial charge in [-0.1, -0.05) is 0 Å². The van der Waals surface area contributed by atoms with E-state index < -0.39 is 24.2 Å². The van der Waals surface area contributed by atoms with Crippen LogP contribution >= 0.6 is 0 Å². The molecule has 1 atom stereocenters. The summed E-state index contributed by atoms with van der Waals surface area (Å²) in [6, 6.07) is 0. The van der Waals surface area contributed by atoms with Gasteiger partial charge in [-0.3, -0.25) is 10.1 Å². The summed E-state index contributed by atoms with van der Waals surface area (Å²) in [4.78, 5) is 11.0. The average molecular weight is 188 g/mol. The summed E-state index contributed by atoms with van der Waals surface area (Å²) in [5, 5.41) is 10.0. The first-order valence-corrected chi connectivity index (χ1v) is 4.12. The minimum atomic E-state index is -2.74. The van der Waals surface area contributed by atoms with Crippen molar-refractivity contribution < 1.29 is 13.6 Å². The Morgan fingerprint density at radius 2 is 2.31 bits per heavy atom. The number of nitrogens with zero attached hydrogens (tertiary/aromatic N) is 1. The number of hydrogen-bond acceptors (Lipinski definition) is 2. The number of halogens is 2. The van der Waals surface area contributed by atoms with Gasteiger partial charge in [0.15, 0.2) is 6.19 Å². The Morgan fingerprint density at radius 3 is 2.85 bits per heavy atom. The average Bonchev–Trinajstić information content (AvgIpc) is 2.03. The molecule has 0 aromatic carbocycles. The summed E-state index contributed by atoms with van der Waals surface area (Å²) in [5.74, 6) is -4.03. The first-order valence-electron chi connectivity index (χ1n) is 4.12. The highest BCUT2D eigenvalue weighted by atomic mass is 19.3. The van der Waals surface area contributed by atoms with Crippen LogP contribution in [-0.2, 0) is 4.79 Å². The third-order valence-corrected chi connectivity index (χ3v) is 2.19. The number of nitriles is 1. The molecule has 0 aromatic heterocycles. The molecule has 0 spiro atoms. The molecule has 72 valence electrons. The lowest BCUT2D eigenvalue weighted by Gasteiger charge is -2.27. The lowest BCUT2D eigenvalue weighted by molar-refractivity contribution is -0.131. The van der Waals surface area contributed by atoms with Gasteiger partial charge in [0.1, 0.15) is 0 Å². The van der Waals surface area contributed by atoms with Crippen LogP contribution in [0.3, 0.4) is 0 Å². The molecule has 1 N–H and O–H groups in total. The smallest absolute Gasteiger partial charge is 0.248 e. The monoisotopic (exact) mass is 188 g/mol. The van der Waals surface area contributed by atoms with E-state index in [0.29, 0.717) is 12.8 Å². The molecule has 0 bridgehead atoms. The first-order chi connectivity index (χ1) is 6.05. The topological polar surface area (TPSA) is 52.9 Å². The summed E-state index contributed by atoms with van der Waals surface area (Å²) in [7, 11) is 0. The van der Waals surface area contributed by atoms with E-state index >= 15 is 0 Å². The summed E-state index contributed by atoms with van der Waals surface area (Å²) in [6.07, 6.45) is 1.66. The van der Waals surface area contributed by atoms with Gasteiger partial charge in [-0.25, -0.2) is 8.78 Å². The molecule has 0 saturated heterocycles. The van der Waals surface area contributed by atoms with Crippen LogP contribution in [0.5, 0.6) is 0 Å². The number of hydrogen-bond donors (Lipinski definition) is 1. The van der Waals surface area contributed by atoms with Gasteiger partial charge in [-0.15, -0.1) is 0 Å². The van der Waals surface area contributed by atoms with E-state index in [-0.39, 0.29) is 6.42 Å². The van der Waals surface area contributed by atoms with E-state index in [1.807, 2.05) is 5.32 Å². The molecule has 0 aliphatic heterocycles. The summed E-state index contributed by atoms with van der Waals surface area (Å²) >= 11 is 0. The SMILES string of the molecule is N#CNC(=O)[C@H]1CCCC(F)(F)C1. The lowest BCUT2D eigenvalue weighted by atomic mass is 9.86. The van der Waals surface area contributed by atoms with Crippen LogP contribution in [-0.4, -0.2) is 11.8 Å². The second kappa shape index (κ2) is 3.69. The Kier molecular flexibility index (Phi) is 2.81. The van der Waals surface area contributed by atoms with Crippen LogP contribution in [0.15, 0.2) is 0 Å². The third-order valence-electron chi connectivity index (χ3n) is 2.19. The van der Waals surface area contributed by atoms with Crippen LogP contribution in [0.25, 0.3) is 0 Å². The van der Waals surface area contributed by atoms with E-state index in [9.17, 15) is 13.6 Å². The molecule has 1 aliphatic carbocycles. The second-order valence-electron chi connectivity index (χ2n) is 3.25. The Hall–Kier alpha value is -1.18. The van der Waals surface area contributed by atoms with Crippen LogP contribution in [0.2, 0.25) is 0 Å². The Morgan fingerprint density at radius 1 is 1.62 bits per heavy atom. The molecule has 13 heavy (non-hydrogen) atoms. The molecule has 0 radical (unpaired) electrons. The van der Waals surface area contributed by atoms with Crippen molar-refractivity contribution >= 4 is 5.91 Å². The van der Waals surface area contributed by atoms with Crippen molar-refractivity contribution in [2.24, 2.45) is 5.92 Å². The minimum Gasteiger partial charge on any atom is -0.274 e. The van der Waals surface area contributed by atoms with Gasteiger partial charge in [-0.2, -0.15) is 5.26 Å². The van der Waals surface area contributed by atoms with E-state index in [1.165, 1.54) is 6.19 Å². The molecular weight excluding hydrogens is 178 g/mol. The van der Waals surface area contributed by atoms with E-state index in [0.717, 1.165) is 0 Å². The lowest BCUT2D eigenvalue weighted by Crippen LogP contribution is -2.35. The zero-order chi connectivity index (χ0) is 9.90. The molecule has 3 nitrogen and oxygen atoms in total.